The lowest BCUT2D eigenvalue weighted by molar-refractivity contribution is 0.242. The zero-order valence-corrected chi connectivity index (χ0v) is 7.14. The Morgan fingerprint density at radius 2 is 2.20 bits per heavy atom. The van der Waals surface area contributed by atoms with Crippen LogP contribution in [-0.4, -0.2) is 34.7 Å². The molecule has 0 aromatic heterocycles. The molecule has 1 fully saturated rings. The van der Waals surface area contributed by atoms with E-state index in [4.69, 9.17) is 33.0 Å². The standard InChI is InChI=1S/C6H10Cl2O2/c1-3(7)5(8)6-4(2-9)10-6/h3-6,9H,2H2,1H3/t3-,4+,5+,6-/m0/s1. The summed E-state index contributed by atoms with van der Waals surface area (Å²) in [6, 6.07) is 0. The Morgan fingerprint density at radius 3 is 2.50 bits per heavy atom. The van der Waals surface area contributed by atoms with Gasteiger partial charge in [-0.3, -0.25) is 0 Å². The first-order valence-electron chi connectivity index (χ1n) is 3.21. The lowest BCUT2D eigenvalue weighted by Gasteiger charge is -2.06. The molecule has 1 aliphatic rings. The highest BCUT2D eigenvalue weighted by atomic mass is 35.5. The molecule has 1 aliphatic heterocycles. The van der Waals surface area contributed by atoms with Crippen molar-refractivity contribution in [2.45, 2.75) is 29.9 Å². The molecule has 1 rings (SSSR count). The molecule has 10 heavy (non-hydrogen) atoms. The van der Waals surface area contributed by atoms with Gasteiger partial charge in [-0.25, -0.2) is 0 Å². The molecular weight excluding hydrogens is 175 g/mol. The molecule has 1 saturated heterocycles. The Balaban J connectivity index is 2.25. The number of hydrogen-bond acceptors (Lipinski definition) is 2. The highest BCUT2D eigenvalue weighted by Crippen LogP contribution is 2.31. The molecule has 0 amide bonds. The van der Waals surface area contributed by atoms with Crippen molar-refractivity contribution < 1.29 is 9.84 Å². The van der Waals surface area contributed by atoms with Crippen LogP contribution >= 0.6 is 23.2 Å². The zero-order valence-electron chi connectivity index (χ0n) is 5.63. The van der Waals surface area contributed by atoms with Gasteiger partial charge in [-0.2, -0.15) is 0 Å². The minimum atomic E-state index is -0.182. The second-order valence-electron chi connectivity index (χ2n) is 2.44. The lowest BCUT2D eigenvalue weighted by Crippen LogP contribution is -2.20. The molecule has 0 aliphatic carbocycles. The molecule has 0 bridgehead atoms. The van der Waals surface area contributed by atoms with E-state index in [0.717, 1.165) is 0 Å². The van der Waals surface area contributed by atoms with Gasteiger partial charge in [0.1, 0.15) is 12.2 Å². The van der Waals surface area contributed by atoms with E-state index >= 15 is 0 Å². The normalized spacial score (nSPS) is 37.2. The Bertz CT molecular complexity index is 118. The number of alkyl halides is 2. The first-order valence-corrected chi connectivity index (χ1v) is 4.08. The minimum Gasteiger partial charge on any atom is -0.394 e. The first-order chi connectivity index (χ1) is 4.66. The summed E-state index contributed by atoms with van der Waals surface area (Å²) < 4.78 is 5.02. The van der Waals surface area contributed by atoms with Crippen molar-refractivity contribution in [3.63, 3.8) is 0 Å². The van der Waals surface area contributed by atoms with Crippen molar-refractivity contribution >= 4 is 23.2 Å². The Hall–Kier alpha value is 0.500. The second-order valence-corrected chi connectivity index (χ2v) is 3.64. The SMILES string of the molecule is C[C@H](Cl)[C@@H](Cl)[C@H]1O[C@@H]1CO. The summed E-state index contributed by atoms with van der Waals surface area (Å²) in [6.07, 6.45) is -0.122. The molecule has 0 spiro atoms. The van der Waals surface area contributed by atoms with Gasteiger partial charge in [-0.15, -0.1) is 23.2 Å². The smallest absolute Gasteiger partial charge is 0.109 e. The van der Waals surface area contributed by atoms with Gasteiger partial charge in [0.05, 0.1) is 12.0 Å². The monoisotopic (exact) mass is 184 g/mol. The summed E-state index contributed by atoms with van der Waals surface area (Å²) in [4.78, 5) is 0. The van der Waals surface area contributed by atoms with Gasteiger partial charge in [0, 0.05) is 5.38 Å². The summed E-state index contributed by atoms with van der Waals surface area (Å²) >= 11 is 11.5. The highest BCUT2D eigenvalue weighted by molar-refractivity contribution is 6.30. The molecular formula is C6H10Cl2O2. The Labute approximate surface area is 70.1 Å². The third kappa shape index (κ3) is 1.76. The fourth-order valence-electron chi connectivity index (χ4n) is 0.845. The highest BCUT2D eigenvalue weighted by Gasteiger charge is 2.45. The first kappa shape index (κ1) is 8.60. The Kier molecular flexibility index (Phi) is 2.81. The number of halogens is 2. The van der Waals surface area contributed by atoms with Gasteiger partial charge in [-0.05, 0) is 6.92 Å². The molecule has 0 unspecified atom stereocenters. The van der Waals surface area contributed by atoms with Crippen molar-refractivity contribution in [3.05, 3.63) is 0 Å². The van der Waals surface area contributed by atoms with E-state index in [1.807, 2.05) is 6.92 Å². The van der Waals surface area contributed by atoms with E-state index in [2.05, 4.69) is 0 Å². The van der Waals surface area contributed by atoms with E-state index in [1.165, 1.54) is 0 Å². The molecule has 60 valence electrons. The number of ether oxygens (including phenoxy) is 1. The van der Waals surface area contributed by atoms with Crippen molar-refractivity contribution in [2.24, 2.45) is 0 Å². The maximum absolute atomic E-state index is 8.58. The van der Waals surface area contributed by atoms with Crippen LogP contribution in [0.15, 0.2) is 0 Å². The van der Waals surface area contributed by atoms with Crippen LogP contribution in [0.3, 0.4) is 0 Å². The third-order valence-electron chi connectivity index (χ3n) is 1.55. The maximum atomic E-state index is 8.58. The van der Waals surface area contributed by atoms with Crippen LogP contribution in [-0.2, 0) is 4.74 Å². The number of epoxide rings is 1. The average molecular weight is 185 g/mol. The molecule has 0 saturated carbocycles. The Morgan fingerprint density at radius 1 is 1.60 bits per heavy atom. The van der Waals surface area contributed by atoms with Crippen LogP contribution in [0.1, 0.15) is 6.92 Å². The van der Waals surface area contributed by atoms with E-state index in [1.54, 1.807) is 0 Å². The third-order valence-corrected chi connectivity index (χ3v) is 2.58. The van der Waals surface area contributed by atoms with Crippen LogP contribution in [0.2, 0.25) is 0 Å². The minimum absolute atomic E-state index is 0.0392. The van der Waals surface area contributed by atoms with Crippen LogP contribution in [0, 0.1) is 0 Å². The summed E-state index contributed by atoms with van der Waals surface area (Å²) in [5.41, 5.74) is 0. The number of aliphatic hydroxyl groups excluding tert-OH is 1. The molecule has 0 aromatic carbocycles. The van der Waals surface area contributed by atoms with Crippen LogP contribution in [0.4, 0.5) is 0 Å². The van der Waals surface area contributed by atoms with Gasteiger partial charge >= 0.3 is 0 Å². The molecule has 0 radical (unpaired) electrons. The number of rotatable bonds is 3. The van der Waals surface area contributed by atoms with Crippen LogP contribution in [0.25, 0.3) is 0 Å². The van der Waals surface area contributed by atoms with Crippen LogP contribution < -0.4 is 0 Å². The molecule has 0 aromatic rings. The molecule has 2 nitrogen and oxygen atoms in total. The van der Waals surface area contributed by atoms with Crippen LogP contribution in [0.5, 0.6) is 0 Å². The van der Waals surface area contributed by atoms with Gasteiger partial charge in [0.15, 0.2) is 0 Å². The number of aliphatic hydroxyl groups is 1. The topological polar surface area (TPSA) is 32.8 Å². The molecule has 1 N–H and O–H groups in total. The summed E-state index contributed by atoms with van der Waals surface area (Å²) in [5.74, 6) is 0. The lowest BCUT2D eigenvalue weighted by atomic mass is 10.2. The summed E-state index contributed by atoms with van der Waals surface area (Å²) in [7, 11) is 0. The fourth-order valence-corrected chi connectivity index (χ4v) is 1.21. The van der Waals surface area contributed by atoms with E-state index in [0.29, 0.717) is 0 Å². The molecule has 4 heteroatoms. The summed E-state index contributed by atoms with van der Waals surface area (Å²) in [6.45, 7) is 1.85. The van der Waals surface area contributed by atoms with Crippen molar-refractivity contribution in [2.75, 3.05) is 6.61 Å². The van der Waals surface area contributed by atoms with Gasteiger partial charge in [-0.1, -0.05) is 0 Å². The van der Waals surface area contributed by atoms with Crippen molar-refractivity contribution in [3.8, 4) is 0 Å². The quantitative estimate of drug-likeness (QED) is 0.525. The van der Waals surface area contributed by atoms with E-state index < -0.39 is 0 Å². The zero-order chi connectivity index (χ0) is 7.72. The van der Waals surface area contributed by atoms with Gasteiger partial charge in [0.2, 0.25) is 0 Å². The van der Waals surface area contributed by atoms with E-state index in [-0.39, 0.29) is 29.6 Å². The van der Waals surface area contributed by atoms with E-state index in [9.17, 15) is 0 Å². The van der Waals surface area contributed by atoms with Crippen molar-refractivity contribution in [1.82, 2.24) is 0 Å². The predicted molar refractivity (Wildman–Crippen MR) is 40.7 cm³/mol. The number of hydrogen-bond donors (Lipinski definition) is 1. The second kappa shape index (κ2) is 3.26. The van der Waals surface area contributed by atoms with Gasteiger partial charge < -0.3 is 9.84 Å². The average Bonchev–Trinajstić information content (AvgIpc) is 2.64. The fraction of sp³-hybridized carbons (Fsp3) is 1.00. The van der Waals surface area contributed by atoms with Crippen molar-refractivity contribution in [1.29, 1.82) is 0 Å². The maximum Gasteiger partial charge on any atom is 0.109 e. The predicted octanol–water partition coefficient (Wildman–Crippen LogP) is 0.981. The van der Waals surface area contributed by atoms with Gasteiger partial charge in [0.25, 0.3) is 0 Å². The largest absolute Gasteiger partial charge is 0.394 e. The summed E-state index contributed by atoms with van der Waals surface area (Å²) in [5, 5.41) is 8.29. The molecule has 1 heterocycles. The molecule has 4 atom stereocenters.